The van der Waals surface area contributed by atoms with Crippen LogP contribution in [0.25, 0.3) is 11.4 Å². The molecule has 4 rings (SSSR count). The fourth-order valence-corrected chi connectivity index (χ4v) is 4.16. The largest absolute Gasteiger partial charge is 0.383 e. The third kappa shape index (κ3) is 6.33. The van der Waals surface area contributed by atoms with Crippen molar-refractivity contribution in [1.29, 1.82) is 0 Å². The second-order valence-corrected chi connectivity index (χ2v) is 8.86. The highest BCUT2D eigenvalue weighted by Crippen LogP contribution is 2.29. The fraction of sp³-hybridized carbons (Fsp3) is 0.609. The van der Waals surface area contributed by atoms with Gasteiger partial charge < -0.3 is 20.7 Å². The molecule has 0 spiro atoms. The van der Waals surface area contributed by atoms with Crippen molar-refractivity contribution >= 4 is 11.6 Å². The number of nitrogens with one attached hydrogen (secondary N) is 3. The molecule has 2 heterocycles. The van der Waals surface area contributed by atoms with Gasteiger partial charge in [0.15, 0.2) is 11.6 Å². The molecule has 8 heteroatoms. The zero-order chi connectivity index (χ0) is 21.6. The Morgan fingerprint density at radius 3 is 2.61 bits per heavy atom. The molecule has 2 fully saturated rings. The van der Waals surface area contributed by atoms with Gasteiger partial charge in [-0.1, -0.05) is 0 Å². The Morgan fingerprint density at radius 2 is 1.87 bits per heavy atom. The number of hydrogen-bond donors (Lipinski definition) is 3. The molecule has 0 amide bonds. The van der Waals surface area contributed by atoms with Gasteiger partial charge in [0.25, 0.3) is 0 Å². The van der Waals surface area contributed by atoms with E-state index in [9.17, 15) is 4.39 Å². The van der Waals surface area contributed by atoms with E-state index >= 15 is 0 Å². The van der Waals surface area contributed by atoms with E-state index in [2.05, 4.69) is 37.8 Å². The summed E-state index contributed by atoms with van der Waals surface area (Å²) in [4.78, 5) is 13.0. The molecular weight excluding hydrogens is 395 g/mol. The van der Waals surface area contributed by atoms with E-state index in [1.807, 2.05) is 6.07 Å². The molecule has 0 aromatic carbocycles. The summed E-state index contributed by atoms with van der Waals surface area (Å²) < 4.78 is 19.7. The summed E-state index contributed by atoms with van der Waals surface area (Å²) in [7, 11) is 1.73. The molecule has 2 aromatic rings. The van der Waals surface area contributed by atoms with E-state index in [1.54, 1.807) is 19.4 Å². The smallest absolute Gasteiger partial charge is 0.164 e. The Labute approximate surface area is 183 Å². The summed E-state index contributed by atoms with van der Waals surface area (Å²) >= 11 is 0. The monoisotopic (exact) mass is 428 g/mol. The first-order valence-corrected chi connectivity index (χ1v) is 11.3. The summed E-state index contributed by atoms with van der Waals surface area (Å²) in [6.07, 6.45) is 9.74. The normalized spacial score (nSPS) is 22.2. The Hall–Kier alpha value is -2.32. The maximum absolute atomic E-state index is 14.5. The summed E-state index contributed by atoms with van der Waals surface area (Å²) in [6.45, 7) is 3.78. The van der Waals surface area contributed by atoms with Gasteiger partial charge in [0.05, 0.1) is 18.4 Å². The lowest BCUT2D eigenvalue weighted by atomic mass is 9.90. The maximum atomic E-state index is 14.5. The van der Waals surface area contributed by atoms with E-state index in [-0.39, 0.29) is 0 Å². The van der Waals surface area contributed by atoms with Crippen LogP contribution in [-0.2, 0) is 4.74 Å². The van der Waals surface area contributed by atoms with E-state index in [4.69, 9.17) is 4.74 Å². The highest BCUT2D eigenvalue weighted by atomic mass is 19.1. The van der Waals surface area contributed by atoms with Crippen molar-refractivity contribution in [1.82, 2.24) is 20.3 Å². The molecule has 0 bridgehead atoms. The van der Waals surface area contributed by atoms with Crippen LogP contribution in [0.1, 0.15) is 45.4 Å². The molecule has 2 aromatic heterocycles. The van der Waals surface area contributed by atoms with Gasteiger partial charge >= 0.3 is 0 Å². The first-order chi connectivity index (χ1) is 15.1. The second kappa shape index (κ2) is 10.3. The maximum Gasteiger partial charge on any atom is 0.164 e. The second-order valence-electron chi connectivity index (χ2n) is 8.86. The number of hydrogen-bond acceptors (Lipinski definition) is 7. The molecule has 0 radical (unpaired) electrons. The summed E-state index contributed by atoms with van der Waals surface area (Å²) in [5.41, 5.74) is 0.372. The van der Waals surface area contributed by atoms with Gasteiger partial charge in [-0.05, 0) is 63.5 Å². The van der Waals surface area contributed by atoms with Gasteiger partial charge in [0.2, 0.25) is 0 Å². The fourth-order valence-electron chi connectivity index (χ4n) is 4.16. The van der Waals surface area contributed by atoms with Crippen molar-refractivity contribution in [2.45, 2.75) is 63.6 Å². The molecule has 2 aliphatic rings. The SMILES string of the molecule is COC[C@H](C)NC1CCC(Nc2cc(-c3nccc(NCC4CC4)n3)c(F)cn2)CC1. The van der Waals surface area contributed by atoms with Crippen LogP contribution < -0.4 is 16.0 Å². The van der Waals surface area contributed by atoms with Crippen LogP contribution in [-0.4, -0.2) is 53.3 Å². The summed E-state index contributed by atoms with van der Waals surface area (Å²) in [5.74, 6) is 2.10. The Bertz CT molecular complexity index is 854. The topological polar surface area (TPSA) is 84.0 Å². The standard InChI is InChI=1S/C23H33FN6O/c1-15(14-31-2)28-17-5-7-18(8-6-17)29-22-11-19(20(24)13-27-22)23-25-10-9-21(30-23)26-12-16-3-4-16/h9-11,13,15-18,28H,3-8,12,14H2,1-2H3,(H,27,29)(H,25,26,30)/t15-,17?,18?/m0/s1. The molecular formula is C23H33FN6O. The number of nitrogens with zero attached hydrogens (tertiary/aromatic N) is 3. The molecule has 0 aliphatic heterocycles. The first kappa shape index (κ1) is 21.9. The highest BCUT2D eigenvalue weighted by molar-refractivity contribution is 5.61. The number of pyridine rings is 1. The zero-order valence-electron chi connectivity index (χ0n) is 18.4. The minimum absolute atomic E-state index is 0.328. The lowest BCUT2D eigenvalue weighted by molar-refractivity contribution is 0.161. The Balaban J connectivity index is 1.35. The van der Waals surface area contributed by atoms with Crippen molar-refractivity contribution < 1.29 is 9.13 Å². The average molecular weight is 429 g/mol. The van der Waals surface area contributed by atoms with E-state index in [0.29, 0.717) is 35.3 Å². The van der Waals surface area contributed by atoms with Crippen LogP contribution in [0, 0.1) is 11.7 Å². The number of methoxy groups -OCH3 is 1. The molecule has 7 nitrogen and oxygen atoms in total. The predicted octanol–water partition coefficient (Wildman–Crippen LogP) is 3.85. The van der Waals surface area contributed by atoms with Crippen LogP contribution in [0.4, 0.5) is 16.0 Å². The van der Waals surface area contributed by atoms with E-state index in [1.165, 1.54) is 19.0 Å². The van der Waals surface area contributed by atoms with Crippen molar-refractivity contribution in [2.75, 3.05) is 30.9 Å². The average Bonchev–Trinajstić information content (AvgIpc) is 3.60. The van der Waals surface area contributed by atoms with E-state index < -0.39 is 5.82 Å². The quantitative estimate of drug-likeness (QED) is 0.530. The zero-order valence-corrected chi connectivity index (χ0v) is 18.4. The summed E-state index contributed by atoms with van der Waals surface area (Å²) in [5, 5.41) is 10.4. The van der Waals surface area contributed by atoms with Crippen molar-refractivity contribution in [3.8, 4) is 11.4 Å². The first-order valence-electron chi connectivity index (χ1n) is 11.3. The molecule has 0 saturated heterocycles. The lowest BCUT2D eigenvalue weighted by Crippen LogP contribution is -2.42. The third-order valence-corrected chi connectivity index (χ3v) is 6.04. The number of rotatable bonds is 10. The molecule has 31 heavy (non-hydrogen) atoms. The van der Waals surface area contributed by atoms with Crippen molar-refractivity contribution in [3.63, 3.8) is 0 Å². The van der Waals surface area contributed by atoms with Crippen LogP contribution in [0.2, 0.25) is 0 Å². The van der Waals surface area contributed by atoms with E-state index in [0.717, 1.165) is 50.6 Å². The van der Waals surface area contributed by atoms with Gasteiger partial charge in [0.1, 0.15) is 11.6 Å². The minimum Gasteiger partial charge on any atom is -0.383 e. The van der Waals surface area contributed by atoms with Crippen LogP contribution in [0.3, 0.4) is 0 Å². The molecule has 2 saturated carbocycles. The summed E-state index contributed by atoms with van der Waals surface area (Å²) in [6, 6.07) is 4.74. The van der Waals surface area contributed by atoms with Crippen molar-refractivity contribution in [3.05, 3.63) is 30.3 Å². The molecule has 0 unspecified atom stereocenters. The number of anilines is 2. The van der Waals surface area contributed by atoms with Gasteiger partial charge in [-0.15, -0.1) is 0 Å². The van der Waals surface area contributed by atoms with Gasteiger partial charge in [-0.2, -0.15) is 0 Å². The van der Waals surface area contributed by atoms with Gasteiger partial charge in [-0.3, -0.25) is 0 Å². The lowest BCUT2D eigenvalue weighted by Gasteiger charge is -2.31. The highest BCUT2D eigenvalue weighted by Gasteiger charge is 2.23. The molecule has 1 atom stereocenters. The minimum atomic E-state index is -0.412. The van der Waals surface area contributed by atoms with Crippen LogP contribution in [0.5, 0.6) is 0 Å². The molecule has 2 aliphatic carbocycles. The van der Waals surface area contributed by atoms with Gasteiger partial charge in [-0.25, -0.2) is 19.3 Å². The molecule has 168 valence electrons. The number of halogens is 1. The van der Waals surface area contributed by atoms with Gasteiger partial charge in [0, 0.05) is 38.0 Å². The third-order valence-electron chi connectivity index (χ3n) is 6.04. The Kier molecular flexibility index (Phi) is 7.29. The van der Waals surface area contributed by atoms with Crippen LogP contribution in [0.15, 0.2) is 24.5 Å². The molecule has 3 N–H and O–H groups in total. The Morgan fingerprint density at radius 1 is 1.10 bits per heavy atom. The number of ether oxygens (including phenoxy) is 1. The number of aromatic nitrogens is 3. The van der Waals surface area contributed by atoms with Crippen molar-refractivity contribution in [2.24, 2.45) is 5.92 Å². The van der Waals surface area contributed by atoms with Crippen LogP contribution >= 0.6 is 0 Å². The predicted molar refractivity (Wildman–Crippen MR) is 121 cm³/mol.